The molecule has 0 nitrogen and oxygen atoms in total. The molecule has 3 heteroatoms. The van der Waals surface area contributed by atoms with Gasteiger partial charge in [-0.2, -0.15) is 0 Å². The van der Waals surface area contributed by atoms with Crippen molar-refractivity contribution in [1.29, 1.82) is 0 Å². The molecule has 24 heavy (non-hydrogen) atoms. The summed E-state index contributed by atoms with van der Waals surface area (Å²) in [6, 6.07) is 26.6. The van der Waals surface area contributed by atoms with Crippen LogP contribution in [-0.2, 0) is 8.96 Å². The molecule has 3 rings (SSSR count). The second-order valence-electron chi connectivity index (χ2n) is 5.84. The first-order chi connectivity index (χ1) is 11.6. The highest BCUT2D eigenvalue weighted by Gasteiger charge is 2.28. The van der Waals surface area contributed by atoms with Crippen LogP contribution in [0.15, 0.2) is 87.5 Å². The fourth-order valence-corrected chi connectivity index (χ4v) is 8.34. The number of hydrogen-bond acceptors (Lipinski definition) is 2. The first-order valence-electron chi connectivity index (χ1n) is 7.91. The van der Waals surface area contributed by atoms with Crippen molar-refractivity contribution in [2.75, 3.05) is 0 Å². The van der Waals surface area contributed by atoms with E-state index in [1.807, 2.05) is 21.6 Å². The maximum Gasteiger partial charge on any atom is 0.182 e. The van der Waals surface area contributed by atoms with Crippen molar-refractivity contribution in [3.05, 3.63) is 89.5 Å². The Hall–Kier alpha value is -1.29. The second kappa shape index (κ2) is 8.19. The molecule has 0 heterocycles. The molecule has 0 saturated carbocycles. The van der Waals surface area contributed by atoms with E-state index in [-0.39, 0.29) is 8.96 Å². The third kappa shape index (κ3) is 4.85. The van der Waals surface area contributed by atoms with Crippen LogP contribution in [0.2, 0.25) is 0 Å². The molecule has 0 aromatic heterocycles. The van der Waals surface area contributed by atoms with Crippen molar-refractivity contribution in [1.82, 2.24) is 0 Å². The molecule has 0 N–H and O–H groups in total. The van der Waals surface area contributed by atoms with E-state index in [4.69, 9.17) is 0 Å². The first-order valence-corrected chi connectivity index (χ1v) is 11.8. The Morgan fingerprint density at radius 3 is 1.21 bits per heavy atom. The van der Waals surface area contributed by atoms with Crippen LogP contribution >= 0.6 is 21.6 Å². The van der Waals surface area contributed by atoms with Gasteiger partial charge in [0.2, 0.25) is 0 Å². The van der Waals surface area contributed by atoms with E-state index < -0.39 is 0 Å². The fourth-order valence-electron chi connectivity index (χ4n) is 2.13. The Kier molecular flexibility index (Phi) is 5.99. The molecule has 0 atom stereocenters. The minimum absolute atomic E-state index is 0.0220. The highest BCUT2D eigenvalue weighted by atomic mass is 33.5. The number of aryl methyl sites for hydroxylation is 3. The molecule has 0 spiro atoms. The fraction of sp³-hybridized carbons (Fsp3) is 0.143. The second-order valence-corrected chi connectivity index (χ2v) is 11.7. The molecular weight excluding hydrogens is 348 g/mol. The van der Waals surface area contributed by atoms with Gasteiger partial charge in [-0.15, -0.1) is 0 Å². The monoisotopic (exact) mass is 369 g/mol. The molecule has 0 amide bonds. The Bertz CT molecular complexity index is 727. The quantitative estimate of drug-likeness (QED) is 0.350. The molecule has 0 aliphatic rings. The summed E-state index contributed by atoms with van der Waals surface area (Å²) in [4.78, 5) is 4.03. The van der Waals surface area contributed by atoms with E-state index in [1.165, 1.54) is 31.4 Å². The zero-order valence-electron chi connectivity index (χ0n) is 14.2. The molecule has 3 aromatic rings. The maximum absolute atomic E-state index is 2.26. The average Bonchev–Trinajstić information content (AvgIpc) is 2.59. The average molecular weight is 370 g/mol. The van der Waals surface area contributed by atoms with E-state index in [2.05, 4.69) is 93.6 Å². The lowest BCUT2D eigenvalue weighted by Crippen LogP contribution is -1.93. The van der Waals surface area contributed by atoms with Crippen molar-refractivity contribution >= 4 is 30.5 Å². The van der Waals surface area contributed by atoms with Gasteiger partial charge in [0, 0.05) is 0 Å². The lowest BCUT2D eigenvalue weighted by Gasteiger charge is -2.06. The van der Waals surface area contributed by atoms with Crippen LogP contribution in [0.3, 0.4) is 0 Å². The summed E-state index contributed by atoms with van der Waals surface area (Å²) in [6.45, 7) is 6.41. The molecule has 0 radical (unpaired) electrons. The van der Waals surface area contributed by atoms with E-state index in [9.17, 15) is 0 Å². The predicted octanol–water partition coefficient (Wildman–Crippen LogP) is 7.00. The Labute approximate surface area is 155 Å². The van der Waals surface area contributed by atoms with Crippen molar-refractivity contribution < 1.29 is 0 Å². The molecule has 0 saturated heterocycles. The molecule has 0 aliphatic carbocycles. The van der Waals surface area contributed by atoms with Crippen LogP contribution in [0, 0.1) is 20.8 Å². The molecule has 0 bridgehead atoms. The first kappa shape index (κ1) is 17.5. The van der Waals surface area contributed by atoms with E-state index in [0.717, 1.165) is 0 Å². The summed E-state index contributed by atoms with van der Waals surface area (Å²) >= 11 is 0. The smallest absolute Gasteiger partial charge is 0.0580 e. The van der Waals surface area contributed by atoms with Crippen LogP contribution in [0.5, 0.6) is 0 Å². The number of hydrogen-bond donors (Lipinski definition) is 0. The van der Waals surface area contributed by atoms with Gasteiger partial charge in [0.25, 0.3) is 0 Å². The summed E-state index contributed by atoms with van der Waals surface area (Å²) in [5.74, 6) is 0. The Morgan fingerprint density at radius 1 is 0.500 bits per heavy atom. The molecule has 122 valence electrons. The van der Waals surface area contributed by atoms with Crippen molar-refractivity contribution in [2.45, 2.75) is 35.5 Å². The molecular formula is C21H21S3+. The standard InChI is InChI=1S/C21H21S3/c1-16-4-10-19(11-5-16)22-24(21-14-8-18(3)9-15-21)23-20-12-6-17(2)7-13-20/h4-15H,1-3H3/q+1. The van der Waals surface area contributed by atoms with Gasteiger partial charge in [0.1, 0.15) is 21.6 Å². The van der Waals surface area contributed by atoms with Crippen LogP contribution in [-0.4, -0.2) is 0 Å². The number of rotatable bonds is 5. The zero-order valence-corrected chi connectivity index (χ0v) is 16.6. The lowest BCUT2D eigenvalue weighted by atomic mass is 10.2. The third-order valence-electron chi connectivity index (χ3n) is 3.60. The van der Waals surface area contributed by atoms with Crippen molar-refractivity contribution in [3.63, 3.8) is 0 Å². The van der Waals surface area contributed by atoms with Gasteiger partial charge in [-0.05, 0) is 57.2 Å². The van der Waals surface area contributed by atoms with Crippen molar-refractivity contribution in [3.8, 4) is 0 Å². The third-order valence-corrected chi connectivity index (χ3v) is 9.93. The van der Waals surface area contributed by atoms with Gasteiger partial charge < -0.3 is 0 Å². The SMILES string of the molecule is Cc1ccc(S[S+](Sc2ccc(C)cc2)c2ccc(C)cc2)cc1. The summed E-state index contributed by atoms with van der Waals surface area (Å²) in [5, 5.41) is 0. The molecule has 0 fully saturated rings. The normalized spacial score (nSPS) is 11.0. The summed E-state index contributed by atoms with van der Waals surface area (Å²) in [5.41, 5.74) is 3.92. The largest absolute Gasteiger partial charge is 0.182 e. The van der Waals surface area contributed by atoms with Gasteiger partial charge in [0.15, 0.2) is 13.9 Å². The predicted molar refractivity (Wildman–Crippen MR) is 111 cm³/mol. The van der Waals surface area contributed by atoms with E-state index in [1.54, 1.807) is 0 Å². The van der Waals surface area contributed by atoms with Crippen LogP contribution in [0.25, 0.3) is 0 Å². The summed E-state index contributed by atoms with van der Waals surface area (Å²) in [6.07, 6.45) is 0. The highest BCUT2D eigenvalue weighted by molar-refractivity contribution is 9.06. The van der Waals surface area contributed by atoms with Crippen LogP contribution in [0.1, 0.15) is 16.7 Å². The molecule has 0 unspecified atom stereocenters. The summed E-state index contributed by atoms with van der Waals surface area (Å²) in [7, 11) is 3.91. The Balaban J connectivity index is 1.86. The van der Waals surface area contributed by atoms with Gasteiger partial charge in [-0.3, -0.25) is 0 Å². The van der Waals surface area contributed by atoms with Gasteiger partial charge >= 0.3 is 0 Å². The molecule has 0 aliphatic heterocycles. The van der Waals surface area contributed by atoms with Gasteiger partial charge in [0.05, 0.1) is 9.79 Å². The topological polar surface area (TPSA) is 0 Å². The zero-order chi connectivity index (χ0) is 16.9. The van der Waals surface area contributed by atoms with Gasteiger partial charge in [-0.25, -0.2) is 0 Å². The summed E-state index contributed by atoms with van der Waals surface area (Å²) < 4.78 is 0. The van der Waals surface area contributed by atoms with E-state index in [0.29, 0.717) is 0 Å². The van der Waals surface area contributed by atoms with Crippen LogP contribution in [0.4, 0.5) is 0 Å². The lowest BCUT2D eigenvalue weighted by molar-refractivity contribution is 1.37. The maximum atomic E-state index is 2.26. The Morgan fingerprint density at radius 2 is 0.833 bits per heavy atom. The highest BCUT2D eigenvalue weighted by Crippen LogP contribution is 2.44. The van der Waals surface area contributed by atoms with Gasteiger partial charge in [-0.1, -0.05) is 53.1 Å². The number of benzene rings is 3. The minimum Gasteiger partial charge on any atom is -0.0580 e. The minimum atomic E-state index is 0.0220. The van der Waals surface area contributed by atoms with E-state index >= 15 is 0 Å². The van der Waals surface area contributed by atoms with Crippen LogP contribution < -0.4 is 0 Å². The molecule has 3 aromatic carbocycles. The van der Waals surface area contributed by atoms with Crippen molar-refractivity contribution in [2.24, 2.45) is 0 Å².